The van der Waals surface area contributed by atoms with E-state index in [1.54, 1.807) is 19.1 Å². The van der Waals surface area contributed by atoms with Crippen molar-refractivity contribution in [1.82, 2.24) is 0 Å². The van der Waals surface area contributed by atoms with Gasteiger partial charge in [0.05, 0.1) is 0 Å². The molecule has 1 aromatic rings. The van der Waals surface area contributed by atoms with Gasteiger partial charge in [-0.25, -0.2) is 0 Å². The summed E-state index contributed by atoms with van der Waals surface area (Å²) in [4.78, 5) is 21.0. The van der Waals surface area contributed by atoms with Crippen molar-refractivity contribution in [2.45, 2.75) is 6.92 Å². The van der Waals surface area contributed by atoms with Gasteiger partial charge in [-0.1, -0.05) is 48.2 Å². The topological polar surface area (TPSA) is 34.1 Å². The van der Waals surface area contributed by atoms with Crippen molar-refractivity contribution < 1.29 is 9.59 Å². The normalized spacial score (nSPS) is 10.5. The summed E-state index contributed by atoms with van der Waals surface area (Å²) in [5.41, 5.74) is 1.70. The zero-order valence-electron chi connectivity index (χ0n) is 8.47. The summed E-state index contributed by atoms with van der Waals surface area (Å²) in [6, 6.07) is 7.28. The van der Waals surface area contributed by atoms with Crippen LogP contribution in [-0.4, -0.2) is 17.2 Å². The van der Waals surface area contributed by atoms with E-state index in [4.69, 9.17) is 0 Å². The largest absolute Gasteiger partial charge is 0.298 e. The third-order valence-corrected chi connectivity index (χ3v) is 2.53. The molecule has 3 heteroatoms. The molecule has 0 aliphatic heterocycles. The fraction of sp³-hybridized carbons (Fsp3) is 0.167. The molecule has 0 spiro atoms. The molecule has 0 saturated heterocycles. The van der Waals surface area contributed by atoms with Crippen LogP contribution in [0.2, 0.25) is 0 Å². The Labute approximate surface area is 93.4 Å². The Balaban J connectivity index is 2.49. The summed E-state index contributed by atoms with van der Waals surface area (Å²) in [6.07, 6.45) is 4.69. The molecule has 0 heterocycles. The van der Waals surface area contributed by atoms with Crippen LogP contribution in [-0.2, 0) is 4.79 Å². The average molecular weight is 220 g/mol. The van der Waals surface area contributed by atoms with Crippen LogP contribution in [0, 0.1) is 0 Å². The van der Waals surface area contributed by atoms with E-state index >= 15 is 0 Å². The molecule has 0 radical (unpaired) electrons. The SMILES string of the molecule is CC(=O)SCC=Cc1ccc(C=O)cc1. The molecule has 0 fully saturated rings. The third kappa shape index (κ3) is 4.61. The Morgan fingerprint density at radius 1 is 1.27 bits per heavy atom. The minimum absolute atomic E-state index is 0.121. The predicted octanol–water partition coefficient (Wildman–Crippen LogP) is 2.79. The number of hydrogen-bond donors (Lipinski definition) is 0. The maximum atomic E-state index is 10.6. The molecular formula is C12H12O2S. The van der Waals surface area contributed by atoms with Crippen molar-refractivity contribution in [2.75, 3.05) is 5.75 Å². The van der Waals surface area contributed by atoms with Crippen LogP contribution in [0.4, 0.5) is 0 Å². The van der Waals surface area contributed by atoms with E-state index in [-0.39, 0.29) is 5.12 Å². The number of carbonyl (C=O) groups excluding carboxylic acids is 2. The Morgan fingerprint density at radius 2 is 1.87 bits per heavy atom. The van der Waals surface area contributed by atoms with Gasteiger partial charge in [-0.05, 0) is 5.56 Å². The number of hydrogen-bond acceptors (Lipinski definition) is 3. The summed E-state index contributed by atoms with van der Waals surface area (Å²) >= 11 is 1.28. The van der Waals surface area contributed by atoms with Crippen LogP contribution in [0.25, 0.3) is 6.08 Å². The van der Waals surface area contributed by atoms with Crippen molar-refractivity contribution in [3.8, 4) is 0 Å². The second-order valence-electron chi connectivity index (χ2n) is 2.99. The molecule has 0 aliphatic rings. The van der Waals surface area contributed by atoms with E-state index in [9.17, 15) is 9.59 Å². The summed E-state index contributed by atoms with van der Waals surface area (Å²) in [7, 11) is 0. The first-order valence-electron chi connectivity index (χ1n) is 4.57. The van der Waals surface area contributed by atoms with Crippen LogP contribution in [0.3, 0.4) is 0 Å². The standard InChI is InChI=1S/C12H12O2S/c1-10(14)15-8-2-3-11-4-6-12(9-13)7-5-11/h2-7,9H,8H2,1H3. The van der Waals surface area contributed by atoms with Crippen molar-refractivity contribution in [3.05, 3.63) is 41.5 Å². The summed E-state index contributed by atoms with van der Waals surface area (Å²) in [5, 5.41) is 0.121. The van der Waals surface area contributed by atoms with Crippen molar-refractivity contribution in [1.29, 1.82) is 0 Å². The van der Waals surface area contributed by atoms with Crippen LogP contribution in [0.1, 0.15) is 22.8 Å². The van der Waals surface area contributed by atoms with Crippen LogP contribution < -0.4 is 0 Å². The Morgan fingerprint density at radius 3 is 2.40 bits per heavy atom. The lowest BCUT2D eigenvalue weighted by Gasteiger charge is -1.93. The molecule has 15 heavy (non-hydrogen) atoms. The second kappa shape index (κ2) is 6.19. The van der Waals surface area contributed by atoms with Gasteiger partial charge in [0.1, 0.15) is 6.29 Å². The van der Waals surface area contributed by atoms with Gasteiger partial charge >= 0.3 is 0 Å². The minimum atomic E-state index is 0.121. The summed E-state index contributed by atoms with van der Waals surface area (Å²) < 4.78 is 0. The van der Waals surface area contributed by atoms with Gasteiger partial charge < -0.3 is 0 Å². The monoisotopic (exact) mass is 220 g/mol. The zero-order chi connectivity index (χ0) is 11.1. The van der Waals surface area contributed by atoms with Gasteiger partial charge in [-0.15, -0.1) is 0 Å². The first-order chi connectivity index (χ1) is 7.22. The highest BCUT2D eigenvalue weighted by atomic mass is 32.2. The Hall–Kier alpha value is -1.35. The lowest BCUT2D eigenvalue weighted by molar-refractivity contribution is -0.109. The van der Waals surface area contributed by atoms with Gasteiger partial charge in [-0.3, -0.25) is 9.59 Å². The fourth-order valence-electron chi connectivity index (χ4n) is 1.04. The Bertz CT molecular complexity index is 366. The lowest BCUT2D eigenvalue weighted by Crippen LogP contribution is -1.82. The second-order valence-corrected chi connectivity index (χ2v) is 4.19. The molecule has 78 valence electrons. The highest BCUT2D eigenvalue weighted by molar-refractivity contribution is 8.13. The number of carbonyl (C=O) groups is 2. The number of rotatable bonds is 4. The van der Waals surface area contributed by atoms with E-state index < -0.39 is 0 Å². The van der Waals surface area contributed by atoms with E-state index in [0.717, 1.165) is 11.8 Å². The number of thioether (sulfide) groups is 1. The molecule has 0 saturated carbocycles. The van der Waals surface area contributed by atoms with Gasteiger partial charge in [0.2, 0.25) is 0 Å². The van der Waals surface area contributed by atoms with Crippen LogP contribution in [0.15, 0.2) is 30.3 Å². The highest BCUT2D eigenvalue weighted by Crippen LogP contribution is 2.07. The molecule has 0 aromatic heterocycles. The minimum Gasteiger partial charge on any atom is -0.298 e. The average Bonchev–Trinajstić information content (AvgIpc) is 2.25. The molecule has 0 amide bonds. The lowest BCUT2D eigenvalue weighted by atomic mass is 10.1. The molecule has 0 unspecified atom stereocenters. The smallest absolute Gasteiger partial charge is 0.186 e. The van der Waals surface area contributed by atoms with Crippen molar-refractivity contribution >= 4 is 29.2 Å². The van der Waals surface area contributed by atoms with Gasteiger partial charge in [0.25, 0.3) is 0 Å². The van der Waals surface area contributed by atoms with Crippen LogP contribution in [0.5, 0.6) is 0 Å². The molecular weight excluding hydrogens is 208 g/mol. The van der Waals surface area contributed by atoms with Gasteiger partial charge in [0, 0.05) is 18.2 Å². The molecule has 0 bridgehead atoms. The predicted molar refractivity (Wildman–Crippen MR) is 64.0 cm³/mol. The van der Waals surface area contributed by atoms with Crippen molar-refractivity contribution in [2.24, 2.45) is 0 Å². The van der Waals surface area contributed by atoms with Crippen LogP contribution >= 0.6 is 11.8 Å². The summed E-state index contributed by atoms with van der Waals surface area (Å²) in [5.74, 6) is 0.685. The Kier molecular flexibility index (Phi) is 4.84. The van der Waals surface area contributed by atoms with Crippen molar-refractivity contribution in [3.63, 3.8) is 0 Å². The number of benzene rings is 1. The summed E-state index contributed by atoms with van der Waals surface area (Å²) in [6.45, 7) is 1.55. The maximum Gasteiger partial charge on any atom is 0.186 e. The molecule has 1 aromatic carbocycles. The first-order valence-corrected chi connectivity index (χ1v) is 5.56. The van der Waals surface area contributed by atoms with Gasteiger partial charge in [-0.2, -0.15) is 0 Å². The fourth-order valence-corrected chi connectivity index (χ4v) is 1.46. The maximum absolute atomic E-state index is 10.6. The molecule has 1 rings (SSSR count). The van der Waals surface area contributed by atoms with E-state index in [0.29, 0.717) is 11.3 Å². The first kappa shape index (κ1) is 11.7. The number of aldehydes is 1. The third-order valence-electron chi connectivity index (χ3n) is 1.77. The molecule has 0 aliphatic carbocycles. The highest BCUT2D eigenvalue weighted by Gasteiger charge is 1.91. The van der Waals surface area contributed by atoms with E-state index in [1.807, 2.05) is 24.3 Å². The van der Waals surface area contributed by atoms with Gasteiger partial charge in [0.15, 0.2) is 5.12 Å². The molecule has 2 nitrogen and oxygen atoms in total. The van der Waals surface area contributed by atoms with E-state index in [2.05, 4.69) is 0 Å². The van der Waals surface area contributed by atoms with E-state index in [1.165, 1.54) is 11.8 Å². The quantitative estimate of drug-likeness (QED) is 0.732. The zero-order valence-corrected chi connectivity index (χ0v) is 9.29. The molecule has 0 atom stereocenters. The molecule has 0 N–H and O–H groups in total.